The van der Waals surface area contributed by atoms with Gasteiger partial charge in [-0.2, -0.15) is 12.7 Å². The Balaban J connectivity index is 2.60. The summed E-state index contributed by atoms with van der Waals surface area (Å²) in [5, 5.41) is 0. The molecule has 7 heteroatoms. The molecule has 0 aliphatic heterocycles. The fourth-order valence-corrected chi connectivity index (χ4v) is 2.98. The first-order valence-corrected chi connectivity index (χ1v) is 8.75. The van der Waals surface area contributed by atoms with Gasteiger partial charge in [0, 0.05) is 13.1 Å². The fourth-order valence-electron chi connectivity index (χ4n) is 1.80. The van der Waals surface area contributed by atoms with E-state index in [9.17, 15) is 13.2 Å². The SMILES string of the molecule is CCN(Cc1ccccc1)S(=O)(=O)NC(=O)CCOC(C)C. The number of carbonyl (C=O) groups excluding carboxylic acids is 1. The van der Waals surface area contributed by atoms with E-state index in [4.69, 9.17) is 4.74 Å². The summed E-state index contributed by atoms with van der Waals surface area (Å²) >= 11 is 0. The van der Waals surface area contributed by atoms with E-state index in [1.54, 1.807) is 6.92 Å². The van der Waals surface area contributed by atoms with E-state index >= 15 is 0 Å². The minimum absolute atomic E-state index is 0.00891. The van der Waals surface area contributed by atoms with Gasteiger partial charge >= 0.3 is 10.2 Å². The molecule has 0 radical (unpaired) electrons. The van der Waals surface area contributed by atoms with E-state index < -0.39 is 16.1 Å². The first-order chi connectivity index (χ1) is 10.3. The number of ether oxygens (including phenoxy) is 1. The minimum atomic E-state index is -3.84. The molecule has 0 atom stereocenters. The van der Waals surface area contributed by atoms with Crippen molar-refractivity contribution in [2.24, 2.45) is 0 Å². The highest BCUT2D eigenvalue weighted by molar-refractivity contribution is 7.87. The molecule has 0 aromatic heterocycles. The number of rotatable bonds is 9. The Morgan fingerprint density at radius 3 is 2.45 bits per heavy atom. The van der Waals surface area contributed by atoms with Crippen LogP contribution in [0.4, 0.5) is 0 Å². The van der Waals surface area contributed by atoms with E-state index in [2.05, 4.69) is 4.72 Å². The molecule has 1 aromatic carbocycles. The van der Waals surface area contributed by atoms with Crippen molar-refractivity contribution in [3.8, 4) is 0 Å². The summed E-state index contributed by atoms with van der Waals surface area (Å²) in [7, 11) is -3.84. The molecule has 0 bridgehead atoms. The minimum Gasteiger partial charge on any atom is -0.378 e. The lowest BCUT2D eigenvalue weighted by atomic mass is 10.2. The molecule has 0 spiro atoms. The van der Waals surface area contributed by atoms with Gasteiger partial charge in [-0.1, -0.05) is 37.3 Å². The largest absolute Gasteiger partial charge is 0.378 e. The van der Waals surface area contributed by atoms with Gasteiger partial charge in [-0.25, -0.2) is 4.72 Å². The van der Waals surface area contributed by atoms with Crippen LogP contribution in [0.15, 0.2) is 30.3 Å². The van der Waals surface area contributed by atoms with Gasteiger partial charge in [0.05, 0.1) is 19.1 Å². The molecule has 1 rings (SSSR count). The Bertz CT molecular complexity index is 558. The first-order valence-electron chi connectivity index (χ1n) is 7.31. The van der Waals surface area contributed by atoms with E-state index in [1.165, 1.54) is 4.31 Å². The predicted octanol–water partition coefficient (Wildman–Crippen LogP) is 1.68. The third-order valence-corrected chi connectivity index (χ3v) is 4.47. The quantitative estimate of drug-likeness (QED) is 0.748. The van der Waals surface area contributed by atoms with Crippen molar-refractivity contribution in [2.45, 2.75) is 39.8 Å². The molecule has 22 heavy (non-hydrogen) atoms. The van der Waals surface area contributed by atoms with Crippen LogP contribution in [-0.4, -0.2) is 37.9 Å². The Morgan fingerprint density at radius 1 is 1.27 bits per heavy atom. The third-order valence-electron chi connectivity index (χ3n) is 2.92. The number of nitrogens with one attached hydrogen (secondary N) is 1. The Hall–Kier alpha value is -1.44. The highest BCUT2D eigenvalue weighted by atomic mass is 32.2. The summed E-state index contributed by atoms with van der Waals surface area (Å²) in [5.74, 6) is -0.563. The van der Waals surface area contributed by atoms with Gasteiger partial charge in [0.15, 0.2) is 0 Å². The van der Waals surface area contributed by atoms with Crippen LogP contribution in [0.25, 0.3) is 0 Å². The van der Waals surface area contributed by atoms with Crippen molar-refractivity contribution >= 4 is 16.1 Å². The van der Waals surface area contributed by atoms with Crippen molar-refractivity contribution in [1.29, 1.82) is 0 Å². The second-order valence-corrected chi connectivity index (χ2v) is 6.78. The average molecular weight is 328 g/mol. The topological polar surface area (TPSA) is 75.7 Å². The lowest BCUT2D eigenvalue weighted by Crippen LogP contribution is -2.43. The van der Waals surface area contributed by atoms with Gasteiger partial charge in [-0.05, 0) is 19.4 Å². The van der Waals surface area contributed by atoms with Gasteiger partial charge in [0.1, 0.15) is 0 Å². The highest BCUT2D eigenvalue weighted by Gasteiger charge is 2.22. The van der Waals surface area contributed by atoms with Gasteiger partial charge in [0.2, 0.25) is 5.91 Å². The lowest BCUT2D eigenvalue weighted by Gasteiger charge is -2.20. The lowest BCUT2D eigenvalue weighted by molar-refractivity contribution is -0.120. The number of benzene rings is 1. The van der Waals surface area contributed by atoms with Crippen LogP contribution < -0.4 is 4.72 Å². The smallest absolute Gasteiger partial charge is 0.304 e. The molecule has 0 saturated carbocycles. The molecule has 6 nitrogen and oxygen atoms in total. The summed E-state index contributed by atoms with van der Waals surface area (Å²) in [6.07, 6.45) is 0.0231. The zero-order valence-corrected chi connectivity index (χ0v) is 14.1. The number of hydrogen-bond acceptors (Lipinski definition) is 4. The standard InChI is InChI=1S/C15H24N2O4S/c1-4-17(12-14-8-6-5-7-9-14)22(19,20)16-15(18)10-11-21-13(2)3/h5-9,13H,4,10-12H2,1-3H3,(H,16,18). The van der Waals surface area contributed by atoms with Gasteiger partial charge < -0.3 is 4.74 Å². The van der Waals surface area contributed by atoms with Crippen LogP contribution in [-0.2, 0) is 26.3 Å². The summed E-state index contributed by atoms with van der Waals surface area (Å²) in [4.78, 5) is 11.7. The molecule has 1 aromatic rings. The maximum Gasteiger partial charge on any atom is 0.304 e. The van der Waals surface area contributed by atoms with Crippen molar-refractivity contribution in [1.82, 2.24) is 9.03 Å². The molecule has 1 N–H and O–H groups in total. The number of amides is 1. The van der Waals surface area contributed by atoms with Gasteiger partial charge in [-0.15, -0.1) is 0 Å². The van der Waals surface area contributed by atoms with Crippen molar-refractivity contribution in [2.75, 3.05) is 13.2 Å². The number of hydrogen-bond donors (Lipinski definition) is 1. The van der Waals surface area contributed by atoms with Crippen LogP contribution in [0.1, 0.15) is 32.8 Å². The molecule has 0 saturated heterocycles. The summed E-state index contributed by atoms with van der Waals surface area (Å²) < 4.78 is 33.0. The zero-order chi connectivity index (χ0) is 16.6. The second kappa shape index (κ2) is 8.87. The summed E-state index contributed by atoms with van der Waals surface area (Å²) in [6, 6.07) is 9.24. The highest BCUT2D eigenvalue weighted by Crippen LogP contribution is 2.08. The van der Waals surface area contributed by atoms with Crippen molar-refractivity contribution in [3.63, 3.8) is 0 Å². The molecule has 0 fully saturated rings. The third kappa shape index (κ3) is 6.55. The normalized spacial score (nSPS) is 11.9. The number of nitrogens with zero attached hydrogens (tertiary/aromatic N) is 1. The molecule has 0 aliphatic rings. The van der Waals surface area contributed by atoms with Crippen LogP contribution in [0.3, 0.4) is 0 Å². The molecule has 0 aliphatic carbocycles. The van der Waals surface area contributed by atoms with E-state index in [-0.39, 0.29) is 32.2 Å². The summed E-state index contributed by atoms with van der Waals surface area (Å²) in [5.41, 5.74) is 0.866. The van der Waals surface area contributed by atoms with Gasteiger partial charge in [0.25, 0.3) is 0 Å². The molecule has 0 unspecified atom stereocenters. The van der Waals surface area contributed by atoms with E-state index in [1.807, 2.05) is 44.2 Å². The maximum absolute atomic E-state index is 12.2. The fraction of sp³-hybridized carbons (Fsp3) is 0.533. The molecule has 124 valence electrons. The predicted molar refractivity (Wildman–Crippen MR) is 85.3 cm³/mol. The Labute approximate surface area is 132 Å². The number of carbonyl (C=O) groups is 1. The second-order valence-electron chi connectivity index (χ2n) is 5.11. The van der Waals surface area contributed by atoms with Gasteiger partial charge in [-0.3, -0.25) is 4.79 Å². The first kappa shape index (κ1) is 18.6. The van der Waals surface area contributed by atoms with E-state index in [0.717, 1.165) is 5.56 Å². The van der Waals surface area contributed by atoms with Crippen LogP contribution in [0, 0.1) is 0 Å². The molecule has 0 heterocycles. The monoisotopic (exact) mass is 328 g/mol. The summed E-state index contributed by atoms with van der Waals surface area (Å²) in [6.45, 7) is 6.14. The maximum atomic E-state index is 12.2. The average Bonchev–Trinajstić information content (AvgIpc) is 2.44. The molecular weight excluding hydrogens is 304 g/mol. The van der Waals surface area contributed by atoms with Crippen LogP contribution in [0.2, 0.25) is 0 Å². The van der Waals surface area contributed by atoms with Crippen molar-refractivity contribution in [3.05, 3.63) is 35.9 Å². The van der Waals surface area contributed by atoms with Crippen LogP contribution in [0.5, 0.6) is 0 Å². The molecule has 1 amide bonds. The zero-order valence-electron chi connectivity index (χ0n) is 13.3. The Kier molecular flexibility index (Phi) is 7.50. The van der Waals surface area contributed by atoms with E-state index in [0.29, 0.717) is 0 Å². The molecular formula is C15H24N2O4S. The Morgan fingerprint density at radius 2 is 1.91 bits per heavy atom. The van der Waals surface area contributed by atoms with Crippen molar-refractivity contribution < 1.29 is 17.9 Å². The van der Waals surface area contributed by atoms with Crippen LogP contribution >= 0.6 is 0 Å².